The van der Waals surface area contributed by atoms with Crippen molar-refractivity contribution in [2.75, 3.05) is 25.6 Å². The van der Waals surface area contributed by atoms with Crippen LogP contribution in [0.3, 0.4) is 0 Å². The Morgan fingerprint density at radius 2 is 1.87 bits per heavy atom. The Labute approximate surface area is 139 Å². The van der Waals surface area contributed by atoms with Crippen molar-refractivity contribution in [1.82, 2.24) is 10.6 Å². The van der Waals surface area contributed by atoms with Gasteiger partial charge in [0.1, 0.15) is 21.2 Å². The van der Waals surface area contributed by atoms with Crippen LogP contribution in [0.1, 0.15) is 26.3 Å². The molecule has 7 heteroatoms. The maximum atomic E-state index is 11.1. The Bertz CT molecular complexity index is 634. The van der Waals surface area contributed by atoms with Crippen LogP contribution in [0.2, 0.25) is 0 Å². The second kappa shape index (κ2) is 8.19. The van der Waals surface area contributed by atoms with E-state index in [4.69, 9.17) is 4.74 Å². The standard InChI is InChI=1S/C16H27N3O3S/c1-16(2,3)22-14-9-7-6-8-13(14)12-19-15(17-4)18-10-11-23(5,20)21/h6-9H,10-12H2,1-5H3,(H2,17,18,19). The highest BCUT2D eigenvalue weighted by Crippen LogP contribution is 2.22. The Hall–Kier alpha value is -1.76. The molecule has 0 saturated carbocycles. The van der Waals surface area contributed by atoms with Gasteiger partial charge in [0.25, 0.3) is 0 Å². The molecule has 0 aliphatic carbocycles. The minimum absolute atomic E-state index is 0.0669. The van der Waals surface area contributed by atoms with Crippen LogP contribution < -0.4 is 15.4 Å². The van der Waals surface area contributed by atoms with Gasteiger partial charge in [-0.25, -0.2) is 8.42 Å². The number of aliphatic imine (C=N–C) groups is 1. The second-order valence-electron chi connectivity index (χ2n) is 6.30. The van der Waals surface area contributed by atoms with Gasteiger partial charge < -0.3 is 15.4 Å². The van der Waals surface area contributed by atoms with Crippen LogP contribution in [0.4, 0.5) is 0 Å². The van der Waals surface area contributed by atoms with Crippen molar-refractivity contribution in [2.45, 2.75) is 32.9 Å². The van der Waals surface area contributed by atoms with E-state index in [2.05, 4.69) is 15.6 Å². The van der Waals surface area contributed by atoms with Gasteiger partial charge in [-0.3, -0.25) is 4.99 Å². The number of nitrogens with one attached hydrogen (secondary N) is 2. The van der Waals surface area contributed by atoms with Crippen molar-refractivity contribution in [3.8, 4) is 5.75 Å². The zero-order chi connectivity index (χ0) is 17.5. The van der Waals surface area contributed by atoms with E-state index in [1.165, 1.54) is 6.26 Å². The van der Waals surface area contributed by atoms with Gasteiger partial charge in [0.15, 0.2) is 5.96 Å². The summed E-state index contributed by atoms with van der Waals surface area (Å²) in [6.45, 7) is 6.86. The molecule has 0 amide bonds. The Kier molecular flexibility index (Phi) is 6.87. The van der Waals surface area contributed by atoms with Crippen molar-refractivity contribution in [1.29, 1.82) is 0 Å². The molecular weight excluding hydrogens is 314 g/mol. The Balaban J connectivity index is 2.62. The molecule has 2 N–H and O–H groups in total. The van der Waals surface area contributed by atoms with E-state index in [0.29, 0.717) is 19.0 Å². The summed E-state index contributed by atoms with van der Waals surface area (Å²) in [5, 5.41) is 6.15. The van der Waals surface area contributed by atoms with Crippen LogP contribution in [0.25, 0.3) is 0 Å². The molecule has 0 radical (unpaired) electrons. The van der Waals surface area contributed by atoms with Crippen LogP contribution in [-0.2, 0) is 16.4 Å². The van der Waals surface area contributed by atoms with E-state index in [1.807, 2.05) is 45.0 Å². The summed E-state index contributed by atoms with van der Waals surface area (Å²) in [6, 6.07) is 7.80. The molecule has 6 nitrogen and oxygen atoms in total. The summed E-state index contributed by atoms with van der Waals surface area (Å²) in [4.78, 5) is 4.09. The smallest absolute Gasteiger partial charge is 0.191 e. The van der Waals surface area contributed by atoms with Gasteiger partial charge in [-0.15, -0.1) is 0 Å². The third-order valence-electron chi connectivity index (χ3n) is 2.82. The number of guanidine groups is 1. The van der Waals surface area contributed by atoms with Crippen molar-refractivity contribution in [3.05, 3.63) is 29.8 Å². The van der Waals surface area contributed by atoms with Crippen LogP contribution in [0.15, 0.2) is 29.3 Å². The fourth-order valence-corrected chi connectivity index (χ4v) is 2.31. The molecule has 0 aliphatic rings. The number of nitrogens with zero attached hydrogens (tertiary/aromatic N) is 1. The lowest BCUT2D eigenvalue weighted by atomic mass is 10.1. The highest BCUT2D eigenvalue weighted by atomic mass is 32.2. The molecule has 0 aromatic heterocycles. The summed E-state index contributed by atoms with van der Waals surface area (Å²) < 4.78 is 28.2. The van der Waals surface area contributed by atoms with Crippen LogP contribution in [-0.4, -0.2) is 45.6 Å². The molecule has 23 heavy (non-hydrogen) atoms. The van der Waals surface area contributed by atoms with E-state index >= 15 is 0 Å². The van der Waals surface area contributed by atoms with Gasteiger partial charge in [-0.1, -0.05) is 18.2 Å². The first kappa shape index (κ1) is 19.3. The molecule has 0 spiro atoms. The van der Waals surface area contributed by atoms with Crippen LogP contribution in [0.5, 0.6) is 5.75 Å². The molecule has 1 aromatic carbocycles. The summed E-state index contributed by atoms with van der Waals surface area (Å²) in [7, 11) is -1.34. The monoisotopic (exact) mass is 341 g/mol. The first-order valence-electron chi connectivity index (χ1n) is 7.50. The highest BCUT2D eigenvalue weighted by molar-refractivity contribution is 7.90. The van der Waals surface area contributed by atoms with E-state index in [0.717, 1.165) is 11.3 Å². The second-order valence-corrected chi connectivity index (χ2v) is 8.56. The van der Waals surface area contributed by atoms with Crippen molar-refractivity contribution in [2.24, 2.45) is 4.99 Å². The predicted octanol–water partition coefficient (Wildman–Crippen LogP) is 1.57. The summed E-state index contributed by atoms with van der Waals surface area (Å²) in [5.74, 6) is 1.44. The number of para-hydroxylation sites is 1. The fraction of sp³-hybridized carbons (Fsp3) is 0.562. The third-order valence-corrected chi connectivity index (χ3v) is 3.77. The van der Waals surface area contributed by atoms with E-state index in [9.17, 15) is 8.42 Å². The van der Waals surface area contributed by atoms with Gasteiger partial charge in [0, 0.05) is 32.0 Å². The van der Waals surface area contributed by atoms with E-state index < -0.39 is 9.84 Å². The normalized spacial score (nSPS) is 12.8. The lowest BCUT2D eigenvalue weighted by Gasteiger charge is -2.23. The molecule has 0 fully saturated rings. The van der Waals surface area contributed by atoms with Crippen molar-refractivity contribution in [3.63, 3.8) is 0 Å². The Morgan fingerprint density at radius 3 is 2.43 bits per heavy atom. The van der Waals surface area contributed by atoms with E-state index in [-0.39, 0.29) is 11.4 Å². The molecule has 1 aromatic rings. The van der Waals surface area contributed by atoms with E-state index in [1.54, 1.807) is 7.05 Å². The largest absolute Gasteiger partial charge is 0.488 e. The summed E-state index contributed by atoms with van der Waals surface area (Å²) in [6.07, 6.45) is 1.21. The van der Waals surface area contributed by atoms with Gasteiger partial charge >= 0.3 is 0 Å². The maximum Gasteiger partial charge on any atom is 0.191 e. The van der Waals surface area contributed by atoms with Crippen LogP contribution >= 0.6 is 0 Å². The van der Waals surface area contributed by atoms with Crippen molar-refractivity contribution < 1.29 is 13.2 Å². The van der Waals surface area contributed by atoms with Gasteiger partial charge in [-0.05, 0) is 26.8 Å². The van der Waals surface area contributed by atoms with Crippen molar-refractivity contribution >= 4 is 15.8 Å². The van der Waals surface area contributed by atoms with Gasteiger partial charge in [-0.2, -0.15) is 0 Å². The fourth-order valence-electron chi connectivity index (χ4n) is 1.83. The number of ether oxygens (including phenoxy) is 1. The quantitative estimate of drug-likeness (QED) is 0.606. The molecular formula is C16H27N3O3S. The number of rotatable bonds is 6. The minimum Gasteiger partial charge on any atom is -0.488 e. The molecule has 1 rings (SSSR count). The zero-order valence-corrected chi connectivity index (χ0v) is 15.3. The third kappa shape index (κ3) is 8.44. The SMILES string of the molecule is CN=C(NCCS(C)(=O)=O)NCc1ccccc1OC(C)(C)C. The molecule has 0 bridgehead atoms. The molecule has 130 valence electrons. The average Bonchev–Trinajstić information content (AvgIpc) is 2.41. The molecule has 0 atom stereocenters. The highest BCUT2D eigenvalue weighted by Gasteiger charge is 2.14. The minimum atomic E-state index is -2.99. The zero-order valence-electron chi connectivity index (χ0n) is 14.5. The average molecular weight is 341 g/mol. The lowest BCUT2D eigenvalue weighted by Crippen LogP contribution is -2.39. The number of sulfone groups is 1. The Morgan fingerprint density at radius 1 is 1.22 bits per heavy atom. The van der Waals surface area contributed by atoms with Gasteiger partial charge in [0.05, 0.1) is 5.75 Å². The summed E-state index contributed by atoms with van der Waals surface area (Å²) >= 11 is 0. The molecule has 0 unspecified atom stereocenters. The van der Waals surface area contributed by atoms with Gasteiger partial charge in [0.2, 0.25) is 0 Å². The molecule has 0 saturated heterocycles. The number of hydrogen-bond donors (Lipinski definition) is 2. The molecule has 0 heterocycles. The first-order valence-corrected chi connectivity index (χ1v) is 9.56. The number of hydrogen-bond acceptors (Lipinski definition) is 4. The lowest BCUT2D eigenvalue weighted by molar-refractivity contribution is 0.129. The summed E-state index contributed by atoms with van der Waals surface area (Å²) in [5.41, 5.74) is 0.736. The number of benzene rings is 1. The predicted molar refractivity (Wildman–Crippen MR) is 94.7 cm³/mol. The molecule has 0 aliphatic heterocycles. The van der Waals surface area contributed by atoms with Crippen LogP contribution in [0, 0.1) is 0 Å². The topological polar surface area (TPSA) is 79.8 Å². The maximum absolute atomic E-state index is 11.1. The first-order chi connectivity index (χ1) is 10.6.